The van der Waals surface area contributed by atoms with E-state index in [9.17, 15) is 4.79 Å². The van der Waals surface area contributed by atoms with Crippen LogP contribution in [0.3, 0.4) is 0 Å². The van der Waals surface area contributed by atoms with Crippen LogP contribution in [0.25, 0.3) is 22.6 Å². The van der Waals surface area contributed by atoms with Gasteiger partial charge in [-0.3, -0.25) is 9.36 Å². The molecule has 0 amide bonds. The molecule has 0 atom stereocenters. The van der Waals surface area contributed by atoms with Crippen LogP contribution >= 0.6 is 11.6 Å². The lowest BCUT2D eigenvalue weighted by Crippen LogP contribution is -2.20. The SMILES string of the molecule is CCOc1ccc(/C=C2\CCn3c2nc2ccc(Cl)cc2c3=O)cc1OC. The Morgan fingerprint density at radius 3 is 2.85 bits per heavy atom. The fraction of sp³-hybridized carbons (Fsp3) is 0.238. The van der Waals surface area contributed by atoms with Gasteiger partial charge in [-0.25, -0.2) is 4.98 Å². The summed E-state index contributed by atoms with van der Waals surface area (Å²) in [6.45, 7) is 3.13. The van der Waals surface area contributed by atoms with Gasteiger partial charge in [-0.2, -0.15) is 0 Å². The molecule has 4 rings (SSSR count). The van der Waals surface area contributed by atoms with Crippen molar-refractivity contribution in [3.05, 3.63) is 63.2 Å². The Morgan fingerprint density at radius 2 is 2.07 bits per heavy atom. The minimum atomic E-state index is -0.0508. The van der Waals surface area contributed by atoms with E-state index in [4.69, 9.17) is 26.1 Å². The van der Waals surface area contributed by atoms with Gasteiger partial charge in [-0.1, -0.05) is 17.7 Å². The molecule has 2 aromatic carbocycles. The normalized spacial score (nSPS) is 14.6. The summed E-state index contributed by atoms with van der Waals surface area (Å²) < 4.78 is 12.7. The maximum absolute atomic E-state index is 12.8. The monoisotopic (exact) mass is 382 g/mol. The van der Waals surface area contributed by atoms with Crippen molar-refractivity contribution >= 4 is 34.2 Å². The number of halogens is 1. The Hall–Kier alpha value is -2.79. The number of rotatable bonds is 4. The summed E-state index contributed by atoms with van der Waals surface area (Å²) in [5.41, 5.74) is 2.61. The fourth-order valence-electron chi connectivity index (χ4n) is 3.38. The summed E-state index contributed by atoms with van der Waals surface area (Å²) in [4.78, 5) is 17.5. The van der Waals surface area contributed by atoms with Crippen LogP contribution in [0.5, 0.6) is 11.5 Å². The third-order valence-corrected chi connectivity index (χ3v) is 4.87. The zero-order valence-corrected chi connectivity index (χ0v) is 15.9. The van der Waals surface area contributed by atoms with E-state index in [1.807, 2.05) is 31.2 Å². The lowest BCUT2D eigenvalue weighted by molar-refractivity contribution is 0.311. The van der Waals surface area contributed by atoms with E-state index in [1.165, 1.54) is 0 Å². The van der Waals surface area contributed by atoms with Gasteiger partial charge in [0.2, 0.25) is 0 Å². The number of fused-ring (bicyclic) bond motifs is 2. The van der Waals surface area contributed by atoms with Gasteiger partial charge in [-0.15, -0.1) is 0 Å². The third kappa shape index (κ3) is 3.19. The molecule has 0 radical (unpaired) electrons. The third-order valence-electron chi connectivity index (χ3n) is 4.64. The largest absolute Gasteiger partial charge is 0.493 e. The van der Waals surface area contributed by atoms with E-state index < -0.39 is 0 Å². The van der Waals surface area contributed by atoms with Gasteiger partial charge >= 0.3 is 0 Å². The summed E-state index contributed by atoms with van der Waals surface area (Å²) >= 11 is 6.03. The van der Waals surface area contributed by atoms with E-state index >= 15 is 0 Å². The number of hydrogen-bond acceptors (Lipinski definition) is 4. The number of hydrogen-bond donors (Lipinski definition) is 0. The second-order valence-corrected chi connectivity index (χ2v) is 6.75. The standard InChI is InChI=1S/C21H19ClN2O3/c1-3-27-18-7-4-13(11-19(18)26-2)10-14-8-9-24-20(14)23-17-6-5-15(22)12-16(17)21(24)25/h4-7,10-12H,3,8-9H2,1-2H3/b14-10+. The molecule has 6 heteroatoms. The van der Waals surface area contributed by atoms with Gasteiger partial charge < -0.3 is 9.47 Å². The number of ether oxygens (including phenoxy) is 2. The van der Waals surface area contributed by atoms with Gasteiger partial charge in [0.15, 0.2) is 11.5 Å². The minimum absolute atomic E-state index is 0.0508. The zero-order chi connectivity index (χ0) is 19.0. The molecule has 5 nitrogen and oxygen atoms in total. The summed E-state index contributed by atoms with van der Waals surface area (Å²) in [7, 11) is 1.62. The molecule has 1 aliphatic heterocycles. The lowest BCUT2D eigenvalue weighted by atomic mass is 10.1. The molecular weight excluding hydrogens is 364 g/mol. The second-order valence-electron chi connectivity index (χ2n) is 6.32. The Labute approximate surface area is 161 Å². The van der Waals surface area contributed by atoms with Crippen LogP contribution < -0.4 is 15.0 Å². The van der Waals surface area contributed by atoms with E-state index in [0.717, 1.165) is 17.6 Å². The van der Waals surface area contributed by atoms with Crippen molar-refractivity contribution in [1.29, 1.82) is 0 Å². The molecule has 0 unspecified atom stereocenters. The minimum Gasteiger partial charge on any atom is -0.493 e. The maximum atomic E-state index is 12.8. The van der Waals surface area contributed by atoms with Crippen LogP contribution in [-0.4, -0.2) is 23.3 Å². The molecule has 0 aliphatic carbocycles. The second kappa shape index (κ2) is 7.08. The van der Waals surface area contributed by atoms with Crippen LogP contribution in [0.2, 0.25) is 5.02 Å². The highest BCUT2D eigenvalue weighted by Gasteiger charge is 2.21. The average molecular weight is 383 g/mol. The van der Waals surface area contributed by atoms with Gasteiger partial charge in [0, 0.05) is 11.6 Å². The molecule has 2 heterocycles. The molecule has 0 saturated carbocycles. The average Bonchev–Trinajstić information content (AvgIpc) is 3.07. The Balaban J connectivity index is 1.79. The number of benzene rings is 2. The van der Waals surface area contributed by atoms with E-state index in [0.29, 0.717) is 46.4 Å². The van der Waals surface area contributed by atoms with Crippen molar-refractivity contribution in [3.63, 3.8) is 0 Å². The van der Waals surface area contributed by atoms with Gasteiger partial charge in [0.25, 0.3) is 5.56 Å². The quantitative estimate of drug-likeness (QED) is 0.671. The van der Waals surface area contributed by atoms with Crippen molar-refractivity contribution in [2.75, 3.05) is 13.7 Å². The van der Waals surface area contributed by atoms with E-state index in [-0.39, 0.29) is 5.56 Å². The number of aromatic nitrogens is 2. The highest BCUT2D eigenvalue weighted by Crippen LogP contribution is 2.32. The van der Waals surface area contributed by atoms with Crippen molar-refractivity contribution < 1.29 is 9.47 Å². The van der Waals surface area contributed by atoms with Crippen LogP contribution in [0.15, 0.2) is 41.2 Å². The van der Waals surface area contributed by atoms with Crippen LogP contribution in [-0.2, 0) is 6.54 Å². The first-order chi connectivity index (χ1) is 13.1. The molecule has 0 N–H and O–H groups in total. The van der Waals surface area contributed by atoms with Crippen LogP contribution in [0.4, 0.5) is 0 Å². The van der Waals surface area contributed by atoms with Crippen molar-refractivity contribution in [2.45, 2.75) is 19.9 Å². The summed E-state index contributed by atoms with van der Waals surface area (Å²) in [5, 5.41) is 1.09. The maximum Gasteiger partial charge on any atom is 0.261 e. The van der Waals surface area contributed by atoms with Gasteiger partial charge in [0.1, 0.15) is 5.82 Å². The highest BCUT2D eigenvalue weighted by atomic mass is 35.5. The Morgan fingerprint density at radius 1 is 1.22 bits per heavy atom. The number of allylic oxidation sites excluding steroid dienone is 1. The van der Waals surface area contributed by atoms with Crippen molar-refractivity contribution in [2.24, 2.45) is 0 Å². The number of methoxy groups -OCH3 is 1. The highest BCUT2D eigenvalue weighted by molar-refractivity contribution is 6.31. The van der Waals surface area contributed by atoms with E-state index in [2.05, 4.69) is 0 Å². The van der Waals surface area contributed by atoms with Crippen LogP contribution in [0, 0.1) is 0 Å². The van der Waals surface area contributed by atoms with E-state index in [1.54, 1.807) is 29.9 Å². The molecule has 0 saturated heterocycles. The topological polar surface area (TPSA) is 53.4 Å². The lowest BCUT2D eigenvalue weighted by Gasteiger charge is -2.10. The van der Waals surface area contributed by atoms with Crippen LogP contribution in [0.1, 0.15) is 24.7 Å². The summed E-state index contributed by atoms with van der Waals surface area (Å²) in [6, 6.07) is 11.0. The molecule has 3 aromatic rings. The van der Waals surface area contributed by atoms with Crippen molar-refractivity contribution in [1.82, 2.24) is 9.55 Å². The molecule has 138 valence electrons. The van der Waals surface area contributed by atoms with Crippen molar-refractivity contribution in [3.8, 4) is 11.5 Å². The predicted octanol–water partition coefficient (Wildman–Crippen LogP) is 4.40. The first kappa shape index (κ1) is 17.6. The molecule has 0 fully saturated rings. The molecular formula is C21H19ClN2O3. The Bertz CT molecular complexity index is 1120. The first-order valence-corrected chi connectivity index (χ1v) is 9.20. The summed E-state index contributed by atoms with van der Waals surface area (Å²) in [5.74, 6) is 2.11. The molecule has 27 heavy (non-hydrogen) atoms. The molecule has 1 aromatic heterocycles. The summed E-state index contributed by atoms with van der Waals surface area (Å²) in [6.07, 6.45) is 2.80. The fourth-order valence-corrected chi connectivity index (χ4v) is 3.55. The Kier molecular flexibility index (Phi) is 4.62. The molecule has 1 aliphatic rings. The zero-order valence-electron chi connectivity index (χ0n) is 15.2. The molecule has 0 bridgehead atoms. The van der Waals surface area contributed by atoms with Gasteiger partial charge in [-0.05, 0) is 60.9 Å². The predicted molar refractivity (Wildman–Crippen MR) is 108 cm³/mol. The first-order valence-electron chi connectivity index (χ1n) is 8.82. The van der Waals surface area contributed by atoms with Gasteiger partial charge in [0.05, 0.1) is 24.6 Å². The molecule has 0 spiro atoms. The smallest absolute Gasteiger partial charge is 0.261 e. The number of nitrogens with zero attached hydrogens (tertiary/aromatic N) is 2.